The molecule has 0 aliphatic carbocycles. The lowest BCUT2D eigenvalue weighted by Gasteiger charge is -2.25. The van der Waals surface area contributed by atoms with Gasteiger partial charge in [0.25, 0.3) is 5.91 Å². The Bertz CT molecular complexity index is 353. The van der Waals surface area contributed by atoms with Crippen molar-refractivity contribution in [3.8, 4) is 0 Å². The third-order valence-electron chi connectivity index (χ3n) is 2.81. The van der Waals surface area contributed by atoms with Crippen LogP contribution in [0.5, 0.6) is 0 Å². The average Bonchev–Trinajstić information content (AvgIpc) is 2.38. The van der Waals surface area contributed by atoms with Gasteiger partial charge in [0, 0.05) is 14.2 Å². The van der Waals surface area contributed by atoms with E-state index in [1.807, 2.05) is 37.3 Å². The number of ether oxygens (including phenoxy) is 1. The van der Waals surface area contributed by atoms with Crippen molar-refractivity contribution < 1.29 is 14.4 Å². The molecular weight excluding hydrogens is 218 g/mol. The van der Waals surface area contributed by atoms with Gasteiger partial charge in [-0.1, -0.05) is 37.3 Å². The van der Waals surface area contributed by atoms with Gasteiger partial charge >= 0.3 is 0 Å². The lowest BCUT2D eigenvalue weighted by Crippen LogP contribution is -2.34. The molecule has 0 unspecified atom stereocenters. The zero-order chi connectivity index (χ0) is 12.8. The number of carbonyl (C=O) groups excluding carboxylic acids is 1. The van der Waals surface area contributed by atoms with Crippen LogP contribution in [0.3, 0.4) is 0 Å². The minimum Gasteiger partial charge on any atom is -0.376 e. The highest BCUT2D eigenvalue weighted by Gasteiger charge is 2.27. The second kappa shape index (κ2) is 6.37. The van der Waals surface area contributed by atoms with Crippen LogP contribution >= 0.6 is 0 Å². The molecular formula is C13H19NO3. The molecule has 0 spiro atoms. The van der Waals surface area contributed by atoms with Crippen LogP contribution in [0.2, 0.25) is 0 Å². The number of hydrogen-bond donors (Lipinski definition) is 0. The van der Waals surface area contributed by atoms with Crippen LogP contribution in [-0.4, -0.2) is 32.2 Å². The van der Waals surface area contributed by atoms with Crippen LogP contribution in [0.25, 0.3) is 0 Å². The van der Waals surface area contributed by atoms with E-state index in [4.69, 9.17) is 9.57 Å². The molecule has 0 saturated heterocycles. The molecule has 4 nitrogen and oxygen atoms in total. The molecule has 0 saturated carbocycles. The molecule has 0 heterocycles. The van der Waals surface area contributed by atoms with Gasteiger partial charge in [-0.3, -0.25) is 9.63 Å². The first-order chi connectivity index (χ1) is 8.11. The van der Waals surface area contributed by atoms with E-state index in [1.54, 1.807) is 14.2 Å². The molecule has 1 amide bonds. The van der Waals surface area contributed by atoms with Gasteiger partial charge in [0.15, 0.2) is 0 Å². The Kier molecular flexibility index (Phi) is 5.12. The van der Waals surface area contributed by atoms with Gasteiger partial charge in [0.2, 0.25) is 0 Å². The van der Waals surface area contributed by atoms with Crippen LogP contribution in [-0.2, 0) is 14.4 Å². The highest BCUT2D eigenvalue weighted by Crippen LogP contribution is 2.26. The summed E-state index contributed by atoms with van der Waals surface area (Å²) in [5.41, 5.74) is 0.986. The molecule has 1 rings (SSSR count). The van der Waals surface area contributed by atoms with Gasteiger partial charge in [-0.15, -0.1) is 0 Å². The van der Waals surface area contributed by atoms with E-state index in [1.165, 1.54) is 12.2 Å². The van der Waals surface area contributed by atoms with E-state index < -0.39 is 0 Å². The first kappa shape index (κ1) is 13.7. The molecule has 0 aliphatic heterocycles. The number of amides is 1. The highest BCUT2D eigenvalue weighted by molar-refractivity contribution is 5.78. The Balaban J connectivity index is 2.85. The molecule has 0 N–H and O–H groups in total. The maximum absolute atomic E-state index is 12.0. The molecule has 0 bridgehead atoms. The highest BCUT2D eigenvalue weighted by atomic mass is 16.7. The van der Waals surface area contributed by atoms with Crippen molar-refractivity contribution in [1.82, 2.24) is 5.06 Å². The normalized spacial score (nSPS) is 14.1. The first-order valence-electron chi connectivity index (χ1n) is 5.51. The van der Waals surface area contributed by atoms with Crippen LogP contribution in [0, 0.1) is 5.92 Å². The summed E-state index contributed by atoms with van der Waals surface area (Å²) >= 11 is 0. The van der Waals surface area contributed by atoms with Crippen LogP contribution < -0.4 is 0 Å². The topological polar surface area (TPSA) is 38.8 Å². The Labute approximate surface area is 102 Å². The largest absolute Gasteiger partial charge is 0.376 e. The molecule has 4 heteroatoms. The van der Waals surface area contributed by atoms with Crippen LogP contribution in [0.4, 0.5) is 0 Å². The second-order valence-corrected chi connectivity index (χ2v) is 3.87. The zero-order valence-electron chi connectivity index (χ0n) is 10.7. The van der Waals surface area contributed by atoms with E-state index in [0.717, 1.165) is 5.56 Å². The third kappa shape index (κ3) is 3.28. The number of methoxy groups -OCH3 is 1. The quantitative estimate of drug-likeness (QED) is 0.735. The van der Waals surface area contributed by atoms with Crippen molar-refractivity contribution in [3.63, 3.8) is 0 Å². The summed E-state index contributed by atoms with van der Waals surface area (Å²) in [6, 6.07) is 9.69. The second-order valence-electron chi connectivity index (χ2n) is 3.87. The summed E-state index contributed by atoms with van der Waals surface area (Å²) in [7, 11) is 4.67. The van der Waals surface area contributed by atoms with Crippen molar-refractivity contribution in [2.45, 2.75) is 13.0 Å². The standard InChI is InChI=1S/C13H19NO3/c1-10(13(15)14(2)17-4)12(16-3)11-8-6-5-7-9-11/h5-10,12H,1-4H3/t10-,12+/m1/s1. The van der Waals surface area contributed by atoms with E-state index in [0.29, 0.717) is 0 Å². The number of rotatable bonds is 5. The minimum atomic E-state index is -0.299. The van der Waals surface area contributed by atoms with E-state index >= 15 is 0 Å². The van der Waals surface area contributed by atoms with Gasteiger partial charge in [0.1, 0.15) is 0 Å². The predicted octanol–water partition coefficient (Wildman–Crippen LogP) is 2.03. The lowest BCUT2D eigenvalue weighted by atomic mass is 9.96. The summed E-state index contributed by atoms with van der Waals surface area (Å²) in [4.78, 5) is 16.9. The van der Waals surface area contributed by atoms with Crippen LogP contribution in [0.1, 0.15) is 18.6 Å². The van der Waals surface area contributed by atoms with Gasteiger partial charge in [-0.05, 0) is 5.56 Å². The Morgan fingerprint density at radius 3 is 2.29 bits per heavy atom. The lowest BCUT2D eigenvalue weighted by molar-refractivity contribution is -0.177. The zero-order valence-corrected chi connectivity index (χ0v) is 10.7. The smallest absolute Gasteiger partial charge is 0.251 e. The van der Waals surface area contributed by atoms with Crippen molar-refractivity contribution in [3.05, 3.63) is 35.9 Å². The van der Waals surface area contributed by atoms with Crippen molar-refractivity contribution in [2.24, 2.45) is 5.92 Å². The number of carbonyl (C=O) groups is 1. The first-order valence-corrected chi connectivity index (χ1v) is 5.51. The van der Waals surface area contributed by atoms with Crippen molar-refractivity contribution in [1.29, 1.82) is 0 Å². The predicted molar refractivity (Wildman–Crippen MR) is 65.1 cm³/mol. The minimum absolute atomic E-state index is 0.108. The van der Waals surface area contributed by atoms with Gasteiger partial charge in [-0.2, -0.15) is 0 Å². The molecule has 1 aromatic rings. The molecule has 0 aliphatic rings. The fraction of sp³-hybridized carbons (Fsp3) is 0.462. The molecule has 0 radical (unpaired) electrons. The van der Waals surface area contributed by atoms with Gasteiger partial charge < -0.3 is 4.74 Å². The molecule has 17 heavy (non-hydrogen) atoms. The third-order valence-corrected chi connectivity index (χ3v) is 2.81. The van der Waals surface area contributed by atoms with E-state index in [-0.39, 0.29) is 17.9 Å². The summed E-state index contributed by atoms with van der Waals surface area (Å²) in [5.74, 6) is -0.407. The maximum atomic E-state index is 12.0. The fourth-order valence-corrected chi connectivity index (χ4v) is 1.78. The van der Waals surface area contributed by atoms with Gasteiger partial charge in [-0.25, -0.2) is 5.06 Å². The van der Waals surface area contributed by atoms with Gasteiger partial charge in [0.05, 0.1) is 19.1 Å². The molecule has 2 atom stereocenters. The molecule has 1 aromatic carbocycles. The summed E-state index contributed by atoms with van der Waals surface area (Å²) in [5, 5.41) is 1.22. The molecule has 0 fully saturated rings. The number of nitrogens with zero attached hydrogens (tertiary/aromatic N) is 1. The number of hydrogen-bond acceptors (Lipinski definition) is 3. The summed E-state index contributed by atoms with van der Waals surface area (Å²) in [6.07, 6.45) is -0.263. The summed E-state index contributed by atoms with van der Waals surface area (Å²) < 4.78 is 5.41. The average molecular weight is 237 g/mol. The Hall–Kier alpha value is -1.39. The van der Waals surface area contributed by atoms with E-state index in [2.05, 4.69) is 0 Å². The maximum Gasteiger partial charge on any atom is 0.251 e. The molecule has 94 valence electrons. The van der Waals surface area contributed by atoms with Crippen molar-refractivity contribution >= 4 is 5.91 Å². The SMILES string of the molecule is CO[C@H](c1ccccc1)[C@@H](C)C(=O)N(C)OC. The fourth-order valence-electron chi connectivity index (χ4n) is 1.78. The Morgan fingerprint density at radius 2 is 1.82 bits per heavy atom. The Morgan fingerprint density at radius 1 is 1.24 bits per heavy atom. The number of hydroxylamine groups is 2. The van der Waals surface area contributed by atoms with Crippen molar-refractivity contribution in [2.75, 3.05) is 21.3 Å². The molecule has 0 aromatic heterocycles. The van der Waals surface area contributed by atoms with Crippen LogP contribution in [0.15, 0.2) is 30.3 Å². The number of benzene rings is 1. The van der Waals surface area contributed by atoms with E-state index in [9.17, 15) is 4.79 Å². The monoisotopic (exact) mass is 237 g/mol. The summed E-state index contributed by atoms with van der Waals surface area (Å²) in [6.45, 7) is 1.83.